The second-order valence-corrected chi connectivity index (χ2v) is 4.97. The van der Waals surface area contributed by atoms with Crippen molar-refractivity contribution in [2.45, 2.75) is 33.2 Å². The third-order valence-electron chi connectivity index (χ3n) is 2.79. The summed E-state index contributed by atoms with van der Waals surface area (Å²) in [4.78, 5) is 10.5. The first kappa shape index (κ1) is 15.4. The van der Waals surface area contributed by atoms with Crippen LogP contribution in [0.4, 0.5) is 5.69 Å². The lowest BCUT2D eigenvalue weighted by Gasteiger charge is -2.09. The minimum absolute atomic E-state index is 0.0319. The fourth-order valence-corrected chi connectivity index (χ4v) is 1.81. The highest BCUT2D eigenvalue weighted by Crippen LogP contribution is 2.28. The lowest BCUT2D eigenvalue weighted by Crippen LogP contribution is -2.07. The van der Waals surface area contributed by atoms with Crippen LogP contribution in [0.25, 0.3) is 0 Å². The molecule has 5 heteroatoms. The Bertz CT molecular complexity index is 419. The number of nitrogens with one attached hydrogen (secondary N) is 1. The van der Waals surface area contributed by atoms with E-state index in [9.17, 15) is 10.1 Å². The SMILES string of the molecule is CNCc1ccc([N+](=O)[O-])c(OCCCC(C)C)c1. The third-order valence-corrected chi connectivity index (χ3v) is 2.79. The fourth-order valence-electron chi connectivity index (χ4n) is 1.81. The molecule has 0 fully saturated rings. The van der Waals surface area contributed by atoms with Gasteiger partial charge in [0.05, 0.1) is 11.5 Å². The number of nitro benzene ring substituents is 1. The van der Waals surface area contributed by atoms with Gasteiger partial charge in [-0.2, -0.15) is 0 Å². The molecule has 1 aromatic carbocycles. The van der Waals surface area contributed by atoms with E-state index in [-0.39, 0.29) is 5.69 Å². The summed E-state index contributed by atoms with van der Waals surface area (Å²) in [6.45, 7) is 5.48. The Kier molecular flexibility index (Phi) is 6.29. The molecule has 0 heterocycles. The van der Waals surface area contributed by atoms with E-state index in [0.717, 1.165) is 18.4 Å². The zero-order chi connectivity index (χ0) is 14.3. The average molecular weight is 266 g/mol. The van der Waals surface area contributed by atoms with E-state index in [2.05, 4.69) is 19.2 Å². The number of hydrogen-bond acceptors (Lipinski definition) is 4. The summed E-state index contributed by atoms with van der Waals surface area (Å²) < 4.78 is 5.57. The maximum atomic E-state index is 10.9. The molecule has 0 unspecified atom stereocenters. The summed E-state index contributed by atoms with van der Waals surface area (Å²) in [6.07, 6.45) is 1.97. The zero-order valence-electron chi connectivity index (χ0n) is 11.8. The van der Waals surface area contributed by atoms with Gasteiger partial charge in [-0.1, -0.05) is 19.9 Å². The van der Waals surface area contributed by atoms with Gasteiger partial charge in [0.1, 0.15) is 0 Å². The van der Waals surface area contributed by atoms with E-state index in [0.29, 0.717) is 24.8 Å². The van der Waals surface area contributed by atoms with Crippen molar-refractivity contribution < 1.29 is 9.66 Å². The summed E-state index contributed by atoms with van der Waals surface area (Å²) in [6, 6.07) is 4.99. The molecule has 5 nitrogen and oxygen atoms in total. The molecular weight excluding hydrogens is 244 g/mol. The Morgan fingerprint density at radius 1 is 1.42 bits per heavy atom. The normalized spacial score (nSPS) is 10.7. The van der Waals surface area contributed by atoms with Crippen molar-refractivity contribution in [2.75, 3.05) is 13.7 Å². The van der Waals surface area contributed by atoms with Crippen LogP contribution in [-0.2, 0) is 6.54 Å². The number of nitro groups is 1. The highest BCUT2D eigenvalue weighted by molar-refractivity contribution is 5.48. The van der Waals surface area contributed by atoms with Crippen molar-refractivity contribution in [3.63, 3.8) is 0 Å². The van der Waals surface area contributed by atoms with Gasteiger partial charge < -0.3 is 10.1 Å². The molecule has 0 saturated carbocycles. The average Bonchev–Trinajstić information content (AvgIpc) is 2.34. The van der Waals surface area contributed by atoms with Gasteiger partial charge >= 0.3 is 5.69 Å². The summed E-state index contributed by atoms with van der Waals surface area (Å²) >= 11 is 0. The number of hydrogen-bond donors (Lipinski definition) is 1. The monoisotopic (exact) mass is 266 g/mol. The number of ether oxygens (including phenoxy) is 1. The highest BCUT2D eigenvalue weighted by Gasteiger charge is 2.15. The number of nitrogens with zero attached hydrogens (tertiary/aromatic N) is 1. The molecule has 0 spiro atoms. The van der Waals surface area contributed by atoms with Crippen LogP contribution in [0.15, 0.2) is 18.2 Å². The predicted octanol–water partition coefficient (Wildman–Crippen LogP) is 3.13. The number of rotatable bonds is 8. The van der Waals surface area contributed by atoms with Gasteiger partial charge in [-0.3, -0.25) is 10.1 Å². The Morgan fingerprint density at radius 2 is 2.16 bits per heavy atom. The van der Waals surface area contributed by atoms with Crippen molar-refractivity contribution in [2.24, 2.45) is 5.92 Å². The van der Waals surface area contributed by atoms with E-state index in [1.54, 1.807) is 12.1 Å². The zero-order valence-corrected chi connectivity index (χ0v) is 11.8. The van der Waals surface area contributed by atoms with Crippen LogP contribution in [0.3, 0.4) is 0 Å². The molecule has 1 N–H and O–H groups in total. The smallest absolute Gasteiger partial charge is 0.310 e. The lowest BCUT2D eigenvalue weighted by molar-refractivity contribution is -0.385. The fraction of sp³-hybridized carbons (Fsp3) is 0.571. The van der Waals surface area contributed by atoms with Gasteiger partial charge in [0.2, 0.25) is 0 Å². The topological polar surface area (TPSA) is 64.4 Å². The second kappa shape index (κ2) is 7.74. The van der Waals surface area contributed by atoms with Gasteiger partial charge in [0.25, 0.3) is 0 Å². The summed E-state index contributed by atoms with van der Waals surface area (Å²) in [7, 11) is 1.84. The largest absolute Gasteiger partial charge is 0.487 e. The van der Waals surface area contributed by atoms with Gasteiger partial charge in [-0.05, 0) is 37.4 Å². The van der Waals surface area contributed by atoms with Crippen molar-refractivity contribution in [1.29, 1.82) is 0 Å². The molecule has 19 heavy (non-hydrogen) atoms. The molecule has 0 radical (unpaired) electrons. The first-order chi connectivity index (χ1) is 9.04. The van der Waals surface area contributed by atoms with Gasteiger partial charge in [0.15, 0.2) is 5.75 Å². The third kappa shape index (κ3) is 5.26. The van der Waals surface area contributed by atoms with Crippen molar-refractivity contribution >= 4 is 5.69 Å². The van der Waals surface area contributed by atoms with Gasteiger partial charge in [-0.15, -0.1) is 0 Å². The Labute approximate surface area is 114 Å². The summed E-state index contributed by atoms with van der Waals surface area (Å²) in [5.41, 5.74) is 1.01. The number of benzene rings is 1. The first-order valence-corrected chi connectivity index (χ1v) is 6.59. The minimum Gasteiger partial charge on any atom is -0.487 e. The van der Waals surface area contributed by atoms with Gasteiger partial charge in [0, 0.05) is 12.6 Å². The van der Waals surface area contributed by atoms with Crippen LogP contribution >= 0.6 is 0 Å². The van der Waals surface area contributed by atoms with Crippen LogP contribution in [-0.4, -0.2) is 18.6 Å². The van der Waals surface area contributed by atoms with E-state index in [4.69, 9.17) is 4.74 Å². The summed E-state index contributed by atoms with van der Waals surface area (Å²) in [5.74, 6) is 0.982. The molecular formula is C14H22N2O3. The maximum Gasteiger partial charge on any atom is 0.310 e. The van der Waals surface area contributed by atoms with Crippen LogP contribution in [0.1, 0.15) is 32.3 Å². The van der Waals surface area contributed by atoms with E-state index in [1.165, 1.54) is 6.07 Å². The second-order valence-electron chi connectivity index (χ2n) is 4.97. The molecule has 0 atom stereocenters. The van der Waals surface area contributed by atoms with Crippen molar-refractivity contribution in [1.82, 2.24) is 5.32 Å². The van der Waals surface area contributed by atoms with Gasteiger partial charge in [-0.25, -0.2) is 0 Å². The Hall–Kier alpha value is -1.62. The Balaban J connectivity index is 2.71. The lowest BCUT2D eigenvalue weighted by atomic mass is 10.1. The van der Waals surface area contributed by atoms with Crippen LogP contribution in [0, 0.1) is 16.0 Å². The Morgan fingerprint density at radius 3 is 2.74 bits per heavy atom. The summed E-state index contributed by atoms with van der Waals surface area (Å²) in [5, 5.41) is 14.0. The van der Waals surface area contributed by atoms with Crippen LogP contribution in [0.2, 0.25) is 0 Å². The van der Waals surface area contributed by atoms with E-state index in [1.807, 2.05) is 7.05 Å². The van der Waals surface area contributed by atoms with Crippen LogP contribution in [0.5, 0.6) is 5.75 Å². The quantitative estimate of drug-likeness (QED) is 0.446. The molecule has 0 aliphatic rings. The minimum atomic E-state index is -0.402. The molecule has 0 aliphatic carbocycles. The van der Waals surface area contributed by atoms with Crippen LogP contribution < -0.4 is 10.1 Å². The standard InChI is InChI=1S/C14H22N2O3/c1-11(2)5-4-8-19-14-9-12(10-15-3)6-7-13(14)16(17)18/h6-7,9,11,15H,4-5,8,10H2,1-3H3. The van der Waals surface area contributed by atoms with E-state index >= 15 is 0 Å². The molecule has 1 rings (SSSR count). The first-order valence-electron chi connectivity index (χ1n) is 6.59. The molecule has 106 valence electrons. The van der Waals surface area contributed by atoms with Crippen molar-refractivity contribution in [3.8, 4) is 5.75 Å². The molecule has 0 amide bonds. The van der Waals surface area contributed by atoms with E-state index < -0.39 is 4.92 Å². The highest BCUT2D eigenvalue weighted by atomic mass is 16.6. The molecule has 0 aliphatic heterocycles. The maximum absolute atomic E-state index is 10.9. The molecule has 0 bridgehead atoms. The molecule has 0 aromatic heterocycles. The molecule has 1 aromatic rings. The predicted molar refractivity (Wildman–Crippen MR) is 75.4 cm³/mol. The molecule has 0 saturated heterocycles. The van der Waals surface area contributed by atoms with Crippen molar-refractivity contribution in [3.05, 3.63) is 33.9 Å².